The lowest BCUT2D eigenvalue weighted by molar-refractivity contribution is -0.148. The Balaban J connectivity index is 1.91. The fourth-order valence-corrected chi connectivity index (χ4v) is 2.75. The normalized spacial score (nSPS) is 18.0. The number of ether oxygens (including phenoxy) is 2. The molecule has 1 aliphatic heterocycles. The van der Waals surface area contributed by atoms with Crippen molar-refractivity contribution < 1.29 is 23.5 Å². The fraction of sp³-hybridized carbons (Fsp3) is 0.529. The molecule has 0 saturated carbocycles. The summed E-state index contributed by atoms with van der Waals surface area (Å²) < 4.78 is 23.8. The predicted molar refractivity (Wildman–Crippen MR) is 90.8 cm³/mol. The molecule has 0 N–H and O–H groups in total. The van der Waals surface area contributed by atoms with Crippen molar-refractivity contribution in [1.82, 2.24) is 9.80 Å². The number of benzene rings is 1. The third-order valence-corrected chi connectivity index (χ3v) is 4.21. The summed E-state index contributed by atoms with van der Waals surface area (Å²) in [6.07, 6.45) is -0.282. The van der Waals surface area contributed by atoms with E-state index in [1.807, 2.05) is 4.90 Å². The summed E-state index contributed by atoms with van der Waals surface area (Å²) in [7, 11) is 1.57. The Morgan fingerprint density at radius 3 is 2.92 bits per heavy atom. The first-order chi connectivity index (χ1) is 11.9. The van der Waals surface area contributed by atoms with E-state index >= 15 is 0 Å². The number of carbonyl (C=O) groups excluding carboxylic acids is 2. The van der Waals surface area contributed by atoms with Gasteiger partial charge in [0.15, 0.2) is 0 Å². The summed E-state index contributed by atoms with van der Waals surface area (Å²) in [5.41, 5.74) is 0.767. The van der Waals surface area contributed by atoms with Crippen molar-refractivity contribution in [3.8, 4) is 0 Å². The zero-order valence-corrected chi connectivity index (χ0v) is 15.1. The van der Waals surface area contributed by atoms with Crippen LogP contribution in [-0.4, -0.2) is 68.1 Å². The van der Waals surface area contributed by atoms with Gasteiger partial charge in [0, 0.05) is 20.1 Å². The Bertz CT molecular complexity index is 629. The lowest BCUT2D eigenvalue weighted by Gasteiger charge is -2.33. The number of carbonyl (C=O) groups is 2. The van der Waals surface area contributed by atoms with Gasteiger partial charge in [0.25, 0.3) is 0 Å². The Labute approximate surface area is 151 Å². The first-order valence-corrected chi connectivity index (χ1v) is 8.47. The molecule has 6 nitrogen and oxygen atoms in total. The van der Waals surface area contributed by atoms with E-state index in [2.05, 4.69) is 0 Å². The average Bonchev–Trinajstić information content (AvgIpc) is 2.57. The smallest absolute Gasteiger partial charge is 0.325 e. The van der Waals surface area contributed by atoms with Crippen molar-refractivity contribution in [2.75, 3.05) is 46.4 Å². The maximum atomic E-state index is 13.3. The minimum Gasteiger partial charge on any atom is -0.465 e. The van der Waals surface area contributed by atoms with E-state index < -0.39 is 11.8 Å². The molecule has 138 valence electrons. The number of likely N-dealkylation sites (N-methyl/N-ethyl adjacent to an activating group) is 1. The van der Waals surface area contributed by atoms with Gasteiger partial charge in [0.05, 0.1) is 30.9 Å². The van der Waals surface area contributed by atoms with E-state index in [0.29, 0.717) is 19.7 Å². The molecule has 1 aromatic carbocycles. The highest BCUT2D eigenvalue weighted by atomic mass is 35.5. The van der Waals surface area contributed by atoms with Crippen LogP contribution in [0.2, 0.25) is 5.02 Å². The minimum atomic E-state index is -0.478. The van der Waals surface area contributed by atoms with E-state index in [4.69, 9.17) is 21.1 Å². The standard InChI is InChI=1S/C17H22ClFN2O4/c1-3-24-17(23)11-20(2)16(22)10-21-6-7-25-15(9-21)12-4-5-14(19)13(18)8-12/h4-5,8,15H,3,6-7,9-11H2,1-2H3. The van der Waals surface area contributed by atoms with Gasteiger partial charge >= 0.3 is 5.97 Å². The molecule has 8 heteroatoms. The van der Waals surface area contributed by atoms with Crippen molar-refractivity contribution in [1.29, 1.82) is 0 Å². The molecule has 0 bridgehead atoms. The Hall–Kier alpha value is -1.70. The van der Waals surface area contributed by atoms with E-state index in [1.165, 1.54) is 11.0 Å². The summed E-state index contributed by atoms with van der Waals surface area (Å²) in [6, 6.07) is 4.47. The second kappa shape index (κ2) is 9.12. The van der Waals surface area contributed by atoms with Crippen LogP contribution in [0, 0.1) is 5.82 Å². The van der Waals surface area contributed by atoms with Gasteiger partial charge in [-0.1, -0.05) is 17.7 Å². The number of hydrogen-bond acceptors (Lipinski definition) is 5. The van der Waals surface area contributed by atoms with Gasteiger partial charge < -0.3 is 14.4 Å². The van der Waals surface area contributed by atoms with E-state index in [0.717, 1.165) is 5.56 Å². The van der Waals surface area contributed by atoms with Gasteiger partial charge in [0.2, 0.25) is 5.91 Å². The highest BCUT2D eigenvalue weighted by molar-refractivity contribution is 6.30. The van der Waals surface area contributed by atoms with Crippen LogP contribution in [0.5, 0.6) is 0 Å². The molecule has 1 unspecified atom stereocenters. The second-order valence-corrected chi connectivity index (χ2v) is 6.23. The van der Waals surface area contributed by atoms with Crippen molar-refractivity contribution in [3.63, 3.8) is 0 Å². The molecular formula is C17H22ClFN2O4. The van der Waals surface area contributed by atoms with Crippen LogP contribution in [0.25, 0.3) is 0 Å². The third-order valence-electron chi connectivity index (χ3n) is 3.92. The minimum absolute atomic E-state index is 0.0449. The first-order valence-electron chi connectivity index (χ1n) is 8.09. The van der Waals surface area contributed by atoms with Crippen molar-refractivity contribution in [2.24, 2.45) is 0 Å². The molecule has 0 aliphatic carbocycles. The highest BCUT2D eigenvalue weighted by Gasteiger charge is 2.25. The van der Waals surface area contributed by atoms with Gasteiger partial charge in [-0.05, 0) is 24.6 Å². The number of halogens is 2. The van der Waals surface area contributed by atoms with Crippen LogP contribution in [0.3, 0.4) is 0 Å². The van der Waals surface area contributed by atoms with Gasteiger partial charge in [-0.25, -0.2) is 4.39 Å². The molecule has 1 amide bonds. The predicted octanol–water partition coefficient (Wildman–Crippen LogP) is 1.87. The van der Waals surface area contributed by atoms with Crippen LogP contribution in [0.1, 0.15) is 18.6 Å². The number of morpholine rings is 1. The molecule has 1 fully saturated rings. The van der Waals surface area contributed by atoms with E-state index in [1.54, 1.807) is 26.1 Å². The molecule has 1 heterocycles. The molecular weight excluding hydrogens is 351 g/mol. The van der Waals surface area contributed by atoms with E-state index in [-0.39, 0.29) is 36.7 Å². The monoisotopic (exact) mass is 372 g/mol. The summed E-state index contributed by atoms with van der Waals surface area (Å²) in [4.78, 5) is 27.0. The van der Waals surface area contributed by atoms with Crippen LogP contribution in [-0.2, 0) is 19.1 Å². The molecule has 1 aromatic rings. The topological polar surface area (TPSA) is 59.1 Å². The number of nitrogens with zero attached hydrogens (tertiary/aromatic N) is 2. The summed E-state index contributed by atoms with van der Waals surface area (Å²) in [5, 5.41) is 0.0449. The van der Waals surface area contributed by atoms with Crippen LogP contribution < -0.4 is 0 Å². The molecule has 25 heavy (non-hydrogen) atoms. The van der Waals surface area contributed by atoms with E-state index in [9.17, 15) is 14.0 Å². The zero-order chi connectivity index (χ0) is 18.4. The van der Waals surface area contributed by atoms with Crippen molar-refractivity contribution in [2.45, 2.75) is 13.0 Å². The summed E-state index contributed by atoms with van der Waals surface area (Å²) in [6.45, 7) is 3.64. The quantitative estimate of drug-likeness (QED) is 0.713. The zero-order valence-electron chi connectivity index (χ0n) is 14.3. The Morgan fingerprint density at radius 2 is 2.24 bits per heavy atom. The Morgan fingerprint density at radius 1 is 1.48 bits per heavy atom. The summed E-state index contributed by atoms with van der Waals surface area (Å²) in [5.74, 6) is -1.08. The number of amides is 1. The number of hydrogen-bond donors (Lipinski definition) is 0. The van der Waals surface area contributed by atoms with Crippen molar-refractivity contribution in [3.05, 3.63) is 34.6 Å². The third kappa shape index (κ3) is 5.66. The molecule has 1 aliphatic rings. The molecule has 1 atom stereocenters. The molecule has 0 aromatic heterocycles. The molecule has 2 rings (SSSR count). The van der Waals surface area contributed by atoms with Gasteiger partial charge in [-0.2, -0.15) is 0 Å². The van der Waals surface area contributed by atoms with Crippen LogP contribution in [0.4, 0.5) is 4.39 Å². The maximum Gasteiger partial charge on any atom is 0.325 e. The fourth-order valence-electron chi connectivity index (χ4n) is 2.56. The molecule has 0 spiro atoms. The van der Waals surface area contributed by atoms with Gasteiger partial charge in [-0.15, -0.1) is 0 Å². The molecule has 0 radical (unpaired) electrons. The van der Waals surface area contributed by atoms with Crippen LogP contribution >= 0.6 is 11.6 Å². The van der Waals surface area contributed by atoms with Crippen molar-refractivity contribution >= 4 is 23.5 Å². The largest absolute Gasteiger partial charge is 0.465 e. The lowest BCUT2D eigenvalue weighted by atomic mass is 10.1. The SMILES string of the molecule is CCOC(=O)CN(C)C(=O)CN1CCOC(c2ccc(F)c(Cl)c2)C1. The highest BCUT2D eigenvalue weighted by Crippen LogP contribution is 2.26. The molecule has 1 saturated heterocycles. The number of rotatable bonds is 6. The average molecular weight is 373 g/mol. The van der Waals surface area contributed by atoms with Crippen LogP contribution in [0.15, 0.2) is 18.2 Å². The first kappa shape index (κ1) is 19.6. The number of esters is 1. The Kier molecular flexibility index (Phi) is 7.16. The van der Waals surface area contributed by atoms with Gasteiger partial charge in [-0.3, -0.25) is 14.5 Å². The van der Waals surface area contributed by atoms with Gasteiger partial charge in [0.1, 0.15) is 12.4 Å². The second-order valence-electron chi connectivity index (χ2n) is 5.82. The maximum absolute atomic E-state index is 13.3. The lowest BCUT2D eigenvalue weighted by Crippen LogP contribution is -2.45. The summed E-state index contributed by atoms with van der Waals surface area (Å²) >= 11 is 5.82.